The topological polar surface area (TPSA) is 78.8 Å². The summed E-state index contributed by atoms with van der Waals surface area (Å²) in [5.74, 6) is 0.523. The molecule has 0 aliphatic carbocycles. The normalized spacial score (nSPS) is 10.0. The Labute approximate surface area is 68.6 Å². The molecule has 2 rings (SSSR count). The molecule has 12 heavy (non-hydrogen) atoms. The lowest BCUT2D eigenvalue weighted by atomic mass is 10.2. The number of tetrazole rings is 1. The summed E-state index contributed by atoms with van der Waals surface area (Å²) in [6.45, 7) is 0. The van der Waals surface area contributed by atoms with E-state index in [2.05, 4.69) is 20.6 Å². The summed E-state index contributed by atoms with van der Waals surface area (Å²) in [5.41, 5.74) is 7.09. The van der Waals surface area contributed by atoms with Gasteiger partial charge in [0.05, 0.1) is 0 Å². The van der Waals surface area contributed by atoms with Crippen LogP contribution in [0.25, 0.3) is 11.4 Å². The number of hydrogen-bond acceptors (Lipinski definition) is 4. The highest BCUT2D eigenvalue weighted by Crippen LogP contribution is 2.13. The van der Waals surface area contributed by atoms with E-state index in [1.165, 1.54) is 0 Å². The average molecular weight is 160 g/mol. The van der Waals surface area contributed by atoms with Crippen LogP contribution in [0.3, 0.4) is 0 Å². The smallest absolute Gasteiger partial charge is 0.0397 e. The number of rotatable bonds is 1. The molecule has 2 aromatic rings. The number of nitrogen functional groups attached to an aromatic ring is 1. The van der Waals surface area contributed by atoms with Gasteiger partial charge in [0.25, 0.3) is 0 Å². The molecule has 2 N–H and O–H groups in total. The summed E-state index contributed by atoms with van der Waals surface area (Å²) < 4.78 is 0. The summed E-state index contributed by atoms with van der Waals surface area (Å²) in [7, 11) is 0. The van der Waals surface area contributed by atoms with Gasteiger partial charge in [0, 0.05) is 11.5 Å². The Morgan fingerprint density at radius 3 is 2.50 bits per heavy atom. The summed E-state index contributed by atoms with van der Waals surface area (Å²) in [6.07, 6.45) is 0. The van der Waals surface area contributed by atoms with Crippen LogP contribution in [0.15, 0.2) is 24.3 Å². The average Bonchev–Trinajstić information content (AvgIpc) is 2.58. The minimum atomic E-state index is 0.523. The minimum Gasteiger partial charge on any atom is -0.399 e. The Balaban J connectivity index is 2.43. The van der Waals surface area contributed by atoms with Crippen LogP contribution in [-0.2, 0) is 0 Å². The Morgan fingerprint density at radius 2 is 1.92 bits per heavy atom. The van der Waals surface area contributed by atoms with Crippen LogP contribution in [0.4, 0.5) is 5.69 Å². The van der Waals surface area contributed by atoms with E-state index in [0.29, 0.717) is 11.5 Å². The van der Waals surface area contributed by atoms with Crippen molar-refractivity contribution >= 4 is 5.69 Å². The second kappa shape index (κ2) is 2.61. The number of benzene rings is 1. The summed E-state index contributed by atoms with van der Waals surface area (Å²) in [6, 6.07) is 7.22. The molecular formula is C7H6N5-. The lowest BCUT2D eigenvalue weighted by Gasteiger charge is -1.99. The van der Waals surface area contributed by atoms with Gasteiger partial charge in [-0.3, -0.25) is 10.3 Å². The SMILES string of the molecule is Nc1ccc(-c2nnn[n-]2)cc1. The van der Waals surface area contributed by atoms with Crippen molar-refractivity contribution in [2.45, 2.75) is 0 Å². The molecule has 0 saturated heterocycles. The minimum absolute atomic E-state index is 0.523. The van der Waals surface area contributed by atoms with Crippen LogP contribution in [0, 0.1) is 0 Å². The fourth-order valence-electron chi connectivity index (χ4n) is 0.892. The monoisotopic (exact) mass is 160 g/mol. The van der Waals surface area contributed by atoms with Gasteiger partial charge in [-0.05, 0) is 17.7 Å². The molecule has 0 fully saturated rings. The van der Waals surface area contributed by atoms with E-state index in [0.717, 1.165) is 5.56 Å². The molecule has 0 aliphatic heterocycles. The first-order valence-electron chi connectivity index (χ1n) is 3.41. The van der Waals surface area contributed by atoms with Gasteiger partial charge in [0.2, 0.25) is 0 Å². The largest absolute Gasteiger partial charge is 0.399 e. The summed E-state index contributed by atoms with van der Waals surface area (Å²) in [4.78, 5) is 0. The molecule has 0 unspecified atom stereocenters. The summed E-state index contributed by atoms with van der Waals surface area (Å²) >= 11 is 0. The maximum absolute atomic E-state index is 5.51. The highest BCUT2D eigenvalue weighted by molar-refractivity contribution is 5.57. The number of aromatic nitrogens is 4. The molecule has 0 radical (unpaired) electrons. The first-order valence-corrected chi connectivity index (χ1v) is 3.41. The van der Waals surface area contributed by atoms with Crippen LogP contribution in [-0.4, -0.2) is 15.5 Å². The Morgan fingerprint density at radius 1 is 1.17 bits per heavy atom. The first-order chi connectivity index (χ1) is 5.86. The Bertz CT molecular complexity index is 350. The van der Waals surface area contributed by atoms with Crippen LogP contribution in [0.5, 0.6) is 0 Å². The van der Waals surface area contributed by atoms with Gasteiger partial charge in [-0.15, -0.1) is 0 Å². The predicted octanol–water partition coefficient (Wildman–Crippen LogP) is 0.0780. The van der Waals surface area contributed by atoms with Crippen LogP contribution >= 0.6 is 0 Å². The summed E-state index contributed by atoms with van der Waals surface area (Å²) in [5, 5.41) is 14.2. The molecule has 5 heteroatoms. The van der Waals surface area contributed by atoms with Crippen molar-refractivity contribution in [1.82, 2.24) is 20.6 Å². The molecule has 1 aromatic carbocycles. The van der Waals surface area contributed by atoms with Gasteiger partial charge >= 0.3 is 0 Å². The van der Waals surface area contributed by atoms with Crippen LogP contribution < -0.4 is 10.8 Å². The molecule has 0 spiro atoms. The van der Waals surface area contributed by atoms with E-state index in [-0.39, 0.29) is 0 Å². The molecule has 0 aliphatic rings. The predicted molar refractivity (Wildman–Crippen MR) is 43.0 cm³/mol. The van der Waals surface area contributed by atoms with Crippen molar-refractivity contribution in [2.75, 3.05) is 5.73 Å². The molecule has 1 heterocycles. The maximum atomic E-state index is 5.51. The van der Waals surface area contributed by atoms with E-state index >= 15 is 0 Å². The third-order valence-electron chi connectivity index (χ3n) is 1.49. The van der Waals surface area contributed by atoms with Gasteiger partial charge in [-0.25, -0.2) is 0 Å². The van der Waals surface area contributed by atoms with Crippen molar-refractivity contribution in [3.8, 4) is 11.4 Å². The molecular weight excluding hydrogens is 154 g/mol. The molecule has 0 saturated carbocycles. The van der Waals surface area contributed by atoms with Crippen molar-refractivity contribution in [2.24, 2.45) is 0 Å². The number of nitrogens with two attached hydrogens (primary N) is 1. The third kappa shape index (κ3) is 1.12. The fourth-order valence-corrected chi connectivity index (χ4v) is 0.892. The van der Waals surface area contributed by atoms with E-state index in [1.807, 2.05) is 12.1 Å². The van der Waals surface area contributed by atoms with Crippen LogP contribution in [0.2, 0.25) is 0 Å². The van der Waals surface area contributed by atoms with Crippen molar-refractivity contribution in [1.29, 1.82) is 0 Å². The van der Waals surface area contributed by atoms with Gasteiger partial charge < -0.3 is 10.8 Å². The molecule has 1 aromatic heterocycles. The zero-order valence-electron chi connectivity index (χ0n) is 6.18. The molecule has 0 bridgehead atoms. The first kappa shape index (κ1) is 6.78. The van der Waals surface area contributed by atoms with E-state index < -0.39 is 0 Å². The lowest BCUT2D eigenvalue weighted by molar-refractivity contribution is 0.871. The highest BCUT2D eigenvalue weighted by Gasteiger charge is 1.92. The highest BCUT2D eigenvalue weighted by atomic mass is 15.5. The van der Waals surface area contributed by atoms with Crippen molar-refractivity contribution < 1.29 is 0 Å². The fraction of sp³-hybridized carbons (Fsp3) is 0. The number of nitrogens with zero attached hydrogens (tertiary/aromatic N) is 4. The van der Waals surface area contributed by atoms with Gasteiger partial charge in [0.15, 0.2) is 0 Å². The van der Waals surface area contributed by atoms with E-state index in [9.17, 15) is 0 Å². The number of hydrogen-bond donors (Lipinski definition) is 1. The quantitative estimate of drug-likeness (QED) is 0.597. The second-order valence-electron chi connectivity index (χ2n) is 2.32. The maximum Gasteiger partial charge on any atom is 0.0397 e. The standard InChI is InChI=1S/C7H6N5/c8-6-3-1-5(2-4-6)7-9-11-12-10-7/h1-4H,8H2/q-1. The molecule has 60 valence electrons. The zero-order chi connectivity index (χ0) is 8.39. The van der Waals surface area contributed by atoms with Gasteiger partial charge in [0.1, 0.15) is 0 Å². The third-order valence-corrected chi connectivity index (χ3v) is 1.49. The molecule has 0 atom stereocenters. The van der Waals surface area contributed by atoms with Gasteiger partial charge in [-0.2, -0.15) is 5.21 Å². The second-order valence-corrected chi connectivity index (χ2v) is 2.32. The zero-order valence-corrected chi connectivity index (χ0v) is 6.18. The van der Waals surface area contributed by atoms with Crippen LogP contribution in [0.1, 0.15) is 0 Å². The number of anilines is 1. The molecule has 0 amide bonds. The van der Waals surface area contributed by atoms with E-state index in [1.54, 1.807) is 12.1 Å². The molecule has 5 nitrogen and oxygen atoms in total. The van der Waals surface area contributed by atoms with Crippen molar-refractivity contribution in [3.63, 3.8) is 0 Å². The Hall–Kier alpha value is -1.91. The Kier molecular flexibility index (Phi) is 1.48. The van der Waals surface area contributed by atoms with Gasteiger partial charge in [-0.1, -0.05) is 12.1 Å². The lowest BCUT2D eigenvalue weighted by Crippen LogP contribution is -1.86. The van der Waals surface area contributed by atoms with E-state index in [4.69, 9.17) is 5.73 Å². The van der Waals surface area contributed by atoms with Crippen molar-refractivity contribution in [3.05, 3.63) is 24.3 Å².